The van der Waals surface area contributed by atoms with E-state index in [0.717, 1.165) is 11.8 Å². The summed E-state index contributed by atoms with van der Waals surface area (Å²) in [7, 11) is -1.28. The molecular formula is C14H28OSi. The third-order valence-electron chi connectivity index (χ3n) is 4.91. The van der Waals surface area contributed by atoms with Crippen molar-refractivity contribution in [2.45, 2.75) is 77.1 Å². The summed E-state index contributed by atoms with van der Waals surface area (Å²) < 4.78 is 6.58. The van der Waals surface area contributed by atoms with E-state index < -0.39 is 8.32 Å². The molecule has 2 fully saturated rings. The van der Waals surface area contributed by atoms with Gasteiger partial charge in [-0.3, -0.25) is 0 Å². The Hall–Kier alpha value is 0.177. The molecule has 0 aromatic rings. The molecule has 1 aliphatic heterocycles. The quantitative estimate of drug-likeness (QED) is 0.642. The maximum absolute atomic E-state index is 6.58. The standard InChI is InChI=1S/C14H28OSi/c1-12-7-8-14(11-13(12)2)15-16(3)9-5-4-6-10-16/h12-14H,4-11H2,1-3H3. The van der Waals surface area contributed by atoms with E-state index in [4.69, 9.17) is 4.43 Å². The highest BCUT2D eigenvalue weighted by Crippen LogP contribution is 2.36. The summed E-state index contributed by atoms with van der Waals surface area (Å²) >= 11 is 0. The van der Waals surface area contributed by atoms with E-state index in [1.165, 1.54) is 50.6 Å². The highest BCUT2D eigenvalue weighted by Gasteiger charge is 2.35. The predicted molar refractivity (Wildman–Crippen MR) is 72.1 cm³/mol. The Morgan fingerprint density at radius 3 is 2.25 bits per heavy atom. The first kappa shape index (κ1) is 12.6. The van der Waals surface area contributed by atoms with Gasteiger partial charge in [0.15, 0.2) is 8.32 Å². The van der Waals surface area contributed by atoms with E-state index in [0.29, 0.717) is 6.10 Å². The summed E-state index contributed by atoms with van der Waals surface area (Å²) in [4.78, 5) is 0. The lowest BCUT2D eigenvalue weighted by molar-refractivity contribution is 0.0906. The molecule has 0 N–H and O–H groups in total. The Kier molecular flexibility index (Phi) is 4.12. The Morgan fingerprint density at radius 1 is 0.938 bits per heavy atom. The third-order valence-corrected chi connectivity index (χ3v) is 8.64. The molecule has 1 heterocycles. The Balaban J connectivity index is 1.84. The van der Waals surface area contributed by atoms with Gasteiger partial charge in [-0.25, -0.2) is 0 Å². The van der Waals surface area contributed by atoms with Crippen molar-refractivity contribution in [2.24, 2.45) is 11.8 Å². The van der Waals surface area contributed by atoms with Gasteiger partial charge in [0.25, 0.3) is 0 Å². The van der Waals surface area contributed by atoms with Crippen molar-refractivity contribution in [3.8, 4) is 0 Å². The van der Waals surface area contributed by atoms with Crippen LogP contribution in [-0.2, 0) is 4.43 Å². The minimum absolute atomic E-state index is 0.612. The monoisotopic (exact) mass is 240 g/mol. The molecule has 0 aromatic carbocycles. The summed E-state index contributed by atoms with van der Waals surface area (Å²) in [6.07, 6.45) is 8.96. The maximum atomic E-state index is 6.58. The molecule has 94 valence electrons. The first-order valence-corrected chi connectivity index (χ1v) is 10.1. The van der Waals surface area contributed by atoms with Crippen molar-refractivity contribution < 1.29 is 4.43 Å². The molecule has 0 radical (unpaired) electrons. The van der Waals surface area contributed by atoms with Crippen LogP contribution >= 0.6 is 0 Å². The van der Waals surface area contributed by atoms with Crippen molar-refractivity contribution in [3.63, 3.8) is 0 Å². The molecule has 0 spiro atoms. The van der Waals surface area contributed by atoms with Gasteiger partial charge in [-0.15, -0.1) is 0 Å². The van der Waals surface area contributed by atoms with Crippen LogP contribution in [0.4, 0.5) is 0 Å². The number of hydrogen-bond donors (Lipinski definition) is 0. The van der Waals surface area contributed by atoms with Crippen molar-refractivity contribution in [1.29, 1.82) is 0 Å². The van der Waals surface area contributed by atoms with Gasteiger partial charge in [-0.1, -0.05) is 33.1 Å². The van der Waals surface area contributed by atoms with E-state index in [1.54, 1.807) is 0 Å². The molecular weight excluding hydrogens is 212 g/mol. The predicted octanol–water partition coefficient (Wildman–Crippen LogP) is 4.59. The Bertz CT molecular complexity index is 223. The molecule has 1 aliphatic carbocycles. The van der Waals surface area contributed by atoms with Crippen LogP contribution in [0.1, 0.15) is 52.4 Å². The van der Waals surface area contributed by atoms with Gasteiger partial charge in [-0.05, 0) is 49.7 Å². The molecule has 2 rings (SSSR count). The number of hydrogen-bond acceptors (Lipinski definition) is 1. The second kappa shape index (κ2) is 5.22. The van der Waals surface area contributed by atoms with Crippen molar-refractivity contribution >= 4 is 8.32 Å². The normalized spacial score (nSPS) is 39.6. The fourth-order valence-electron chi connectivity index (χ4n) is 3.43. The van der Waals surface area contributed by atoms with Gasteiger partial charge in [0.2, 0.25) is 0 Å². The van der Waals surface area contributed by atoms with E-state index >= 15 is 0 Å². The molecule has 1 saturated heterocycles. The molecule has 0 bridgehead atoms. The fraction of sp³-hybridized carbons (Fsp3) is 1.00. The zero-order chi connectivity index (χ0) is 11.6. The van der Waals surface area contributed by atoms with Crippen molar-refractivity contribution in [1.82, 2.24) is 0 Å². The fourth-order valence-corrected chi connectivity index (χ4v) is 6.93. The molecule has 0 aromatic heterocycles. The molecule has 1 nitrogen and oxygen atoms in total. The average Bonchev–Trinajstić information content (AvgIpc) is 2.24. The van der Waals surface area contributed by atoms with Crippen LogP contribution in [0.15, 0.2) is 0 Å². The van der Waals surface area contributed by atoms with E-state index in [1.807, 2.05) is 0 Å². The molecule has 16 heavy (non-hydrogen) atoms. The topological polar surface area (TPSA) is 9.23 Å². The summed E-state index contributed by atoms with van der Waals surface area (Å²) in [6.45, 7) is 7.29. The van der Waals surface area contributed by atoms with Gasteiger partial charge in [0.1, 0.15) is 0 Å². The van der Waals surface area contributed by atoms with Gasteiger partial charge >= 0.3 is 0 Å². The minimum atomic E-state index is -1.28. The van der Waals surface area contributed by atoms with E-state index in [9.17, 15) is 0 Å². The lowest BCUT2D eigenvalue weighted by atomic mass is 9.80. The van der Waals surface area contributed by atoms with Gasteiger partial charge < -0.3 is 4.43 Å². The minimum Gasteiger partial charge on any atom is -0.414 e. The first-order chi connectivity index (χ1) is 7.59. The van der Waals surface area contributed by atoms with Crippen LogP contribution in [0.2, 0.25) is 18.6 Å². The van der Waals surface area contributed by atoms with Crippen molar-refractivity contribution in [2.75, 3.05) is 0 Å². The summed E-state index contributed by atoms with van der Waals surface area (Å²) in [5.41, 5.74) is 0. The maximum Gasteiger partial charge on any atom is 0.190 e. The lowest BCUT2D eigenvalue weighted by Gasteiger charge is -2.39. The highest BCUT2D eigenvalue weighted by atomic mass is 28.4. The molecule has 0 amide bonds. The molecule has 1 saturated carbocycles. The zero-order valence-electron chi connectivity index (χ0n) is 11.3. The highest BCUT2D eigenvalue weighted by molar-refractivity contribution is 6.72. The third kappa shape index (κ3) is 3.10. The van der Waals surface area contributed by atoms with Gasteiger partial charge in [0.05, 0.1) is 0 Å². The van der Waals surface area contributed by atoms with Crippen LogP contribution in [0.3, 0.4) is 0 Å². The van der Waals surface area contributed by atoms with Gasteiger partial charge in [-0.2, -0.15) is 0 Å². The second-order valence-electron chi connectivity index (χ2n) is 6.52. The first-order valence-electron chi connectivity index (χ1n) is 7.27. The van der Waals surface area contributed by atoms with Crippen LogP contribution < -0.4 is 0 Å². The number of rotatable bonds is 2. The van der Waals surface area contributed by atoms with Crippen LogP contribution in [-0.4, -0.2) is 14.4 Å². The molecule has 3 unspecified atom stereocenters. The van der Waals surface area contributed by atoms with Crippen LogP contribution in [0.25, 0.3) is 0 Å². The molecule has 3 atom stereocenters. The smallest absolute Gasteiger partial charge is 0.190 e. The second-order valence-corrected chi connectivity index (χ2v) is 10.7. The molecule has 2 heteroatoms. The average molecular weight is 240 g/mol. The molecule has 2 aliphatic rings. The lowest BCUT2D eigenvalue weighted by Crippen LogP contribution is -2.42. The zero-order valence-corrected chi connectivity index (χ0v) is 12.3. The van der Waals surface area contributed by atoms with Crippen LogP contribution in [0.5, 0.6) is 0 Å². The largest absolute Gasteiger partial charge is 0.414 e. The van der Waals surface area contributed by atoms with Crippen LogP contribution in [0, 0.1) is 11.8 Å². The Morgan fingerprint density at radius 2 is 1.62 bits per heavy atom. The summed E-state index contributed by atoms with van der Waals surface area (Å²) in [5.74, 6) is 1.79. The van der Waals surface area contributed by atoms with E-state index in [-0.39, 0.29) is 0 Å². The van der Waals surface area contributed by atoms with Crippen molar-refractivity contribution in [3.05, 3.63) is 0 Å². The van der Waals surface area contributed by atoms with Gasteiger partial charge in [0, 0.05) is 6.10 Å². The SMILES string of the molecule is CC1CCC(O[Si]2(C)CCCCC2)CC1C. The summed E-state index contributed by atoms with van der Waals surface area (Å²) in [6, 6.07) is 2.85. The van der Waals surface area contributed by atoms with E-state index in [2.05, 4.69) is 20.4 Å². The summed E-state index contributed by atoms with van der Waals surface area (Å²) in [5, 5.41) is 0. The Labute approximate surface area is 102 Å².